The molecule has 0 aliphatic carbocycles. The molecule has 0 bridgehead atoms. The van der Waals surface area contributed by atoms with Crippen LogP contribution in [0, 0.1) is 0 Å². The van der Waals surface area contributed by atoms with Crippen molar-refractivity contribution < 1.29 is 19.8 Å². The maximum atomic E-state index is 9.87. The van der Waals surface area contributed by atoms with E-state index in [0.29, 0.717) is 0 Å². The second-order valence-corrected chi connectivity index (χ2v) is 1.79. The smallest absolute Gasteiger partial charge is 0.317 e. The van der Waals surface area contributed by atoms with Crippen molar-refractivity contribution in [1.29, 1.82) is 0 Å². The Hall–Kier alpha value is -1.18. The molecular formula is C5H13N3O4. The number of carbonyl (C=O) groups excluding carboxylic acids is 1. The van der Waals surface area contributed by atoms with E-state index in [1.54, 1.807) is 0 Å². The molecule has 72 valence electrons. The van der Waals surface area contributed by atoms with E-state index in [1.165, 1.54) is 0 Å². The zero-order valence-electron chi connectivity index (χ0n) is 6.43. The Bertz CT molecular complexity index is 150. The van der Waals surface area contributed by atoms with Crippen LogP contribution in [0.15, 0.2) is 0 Å². The largest absolute Gasteiger partial charge is 0.480 e. The lowest BCUT2D eigenvalue weighted by Crippen LogP contribution is -2.39. The molecule has 0 rings (SSSR count). The molecule has 1 unspecified atom stereocenters. The van der Waals surface area contributed by atoms with Gasteiger partial charge in [0.2, 0.25) is 5.91 Å². The van der Waals surface area contributed by atoms with Crippen LogP contribution in [0.5, 0.6) is 0 Å². The first kappa shape index (κ1) is 13.4. The molecule has 0 aromatic rings. The first-order chi connectivity index (χ1) is 5.45. The molecule has 0 saturated heterocycles. The van der Waals surface area contributed by atoms with Gasteiger partial charge in [0, 0.05) is 0 Å². The average Bonchev–Trinajstić information content (AvgIpc) is 2.04. The van der Waals surface area contributed by atoms with Crippen LogP contribution in [-0.4, -0.2) is 41.3 Å². The van der Waals surface area contributed by atoms with Gasteiger partial charge in [0.1, 0.15) is 6.04 Å². The molecule has 0 spiro atoms. The molecule has 0 fully saturated rings. The lowest BCUT2D eigenvalue weighted by molar-refractivity contribution is -0.135. The molecule has 0 aliphatic heterocycles. The Kier molecular flexibility index (Phi) is 8.85. The predicted molar refractivity (Wildman–Crippen MR) is 40.9 cm³/mol. The van der Waals surface area contributed by atoms with Crippen molar-refractivity contribution in [2.45, 2.75) is 6.04 Å². The van der Waals surface area contributed by atoms with Crippen molar-refractivity contribution in [2.75, 3.05) is 13.2 Å². The van der Waals surface area contributed by atoms with E-state index in [0.717, 1.165) is 0 Å². The van der Waals surface area contributed by atoms with Gasteiger partial charge in [-0.1, -0.05) is 0 Å². The molecule has 7 heteroatoms. The predicted octanol–water partition coefficient (Wildman–Crippen LogP) is -3.18. The number of rotatable bonds is 3. The van der Waals surface area contributed by atoms with Crippen molar-refractivity contribution in [3.63, 3.8) is 0 Å². The van der Waals surface area contributed by atoms with Crippen LogP contribution < -0.4 is 17.2 Å². The highest BCUT2D eigenvalue weighted by molar-refractivity contribution is 5.79. The number of carboxylic acids is 1. The summed E-state index contributed by atoms with van der Waals surface area (Å²) in [6.45, 7) is -0.657. The number of aliphatic hydroxyl groups is 1. The lowest BCUT2D eigenvalue weighted by Gasteiger charge is -1.97. The standard InChI is InChI=1S/C3H8N2O2.C2H5NO2/c4-2(1-6)3(5)7;3-1-2(4)5/h2,6H,1,4H2,(H2,5,7);1,3H2,(H,4,5). The molecule has 0 saturated carbocycles. The van der Waals surface area contributed by atoms with Crippen LogP contribution >= 0.6 is 0 Å². The molecule has 1 atom stereocenters. The van der Waals surface area contributed by atoms with Crippen LogP contribution in [0.2, 0.25) is 0 Å². The highest BCUT2D eigenvalue weighted by Crippen LogP contribution is 1.67. The fourth-order valence-electron chi connectivity index (χ4n) is 0.0900. The highest BCUT2D eigenvalue weighted by atomic mass is 16.4. The number of carbonyl (C=O) groups is 2. The summed E-state index contributed by atoms with van der Waals surface area (Å²) in [7, 11) is 0. The summed E-state index contributed by atoms with van der Waals surface area (Å²) >= 11 is 0. The first-order valence-electron chi connectivity index (χ1n) is 3.03. The second-order valence-electron chi connectivity index (χ2n) is 1.79. The fraction of sp³-hybridized carbons (Fsp3) is 0.600. The van der Waals surface area contributed by atoms with E-state index in [4.69, 9.17) is 15.9 Å². The lowest BCUT2D eigenvalue weighted by atomic mass is 10.3. The summed E-state index contributed by atoms with van der Waals surface area (Å²) in [6, 6.07) is -0.903. The number of hydrogen-bond donors (Lipinski definition) is 5. The second kappa shape index (κ2) is 7.92. The van der Waals surface area contributed by atoms with Crippen LogP contribution in [0.4, 0.5) is 0 Å². The van der Waals surface area contributed by atoms with Gasteiger partial charge >= 0.3 is 5.97 Å². The molecule has 0 aromatic carbocycles. The average molecular weight is 179 g/mol. The van der Waals surface area contributed by atoms with Gasteiger partial charge < -0.3 is 27.4 Å². The minimum Gasteiger partial charge on any atom is -0.480 e. The minimum atomic E-state index is -0.968. The summed E-state index contributed by atoms with van der Waals surface area (Å²) in [5.74, 6) is -1.65. The fourth-order valence-corrected chi connectivity index (χ4v) is 0.0900. The first-order valence-corrected chi connectivity index (χ1v) is 3.03. The molecular weight excluding hydrogens is 166 g/mol. The number of primary amides is 1. The number of aliphatic hydroxyl groups excluding tert-OH is 1. The topological polar surface area (TPSA) is 153 Å². The normalized spacial score (nSPS) is 10.9. The van der Waals surface area contributed by atoms with Crippen LogP contribution in [0.25, 0.3) is 0 Å². The molecule has 0 aromatic heterocycles. The molecule has 8 N–H and O–H groups in total. The number of amides is 1. The van der Waals surface area contributed by atoms with E-state index in [9.17, 15) is 9.59 Å². The van der Waals surface area contributed by atoms with E-state index < -0.39 is 17.9 Å². The van der Waals surface area contributed by atoms with Crippen molar-refractivity contribution in [3.8, 4) is 0 Å². The molecule has 0 heterocycles. The summed E-state index contributed by atoms with van der Waals surface area (Å²) in [4.78, 5) is 19.1. The van der Waals surface area contributed by atoms with E-state index >= 15 is 0 Å². The van der Waals surface area contributed by atoms with E-state index in [2.05, 4.69) is 11.5 Å². The summed E-state index contributed by atoms with van der Waals surface area (Å²) in [5, 5.41) is 15.7. The Labute approximate surface area is 69.1 Å². The van der Waals surface area contributed by atoms with Gasteiger partial charge in [-0.15, -0.1) is 0 Å². The highest BCUT2D eigenvalue weighted by Gasteiger charge is 2.04. The number of carboxylic acid groups (broad SMARTS) is 1. The van der Waals surface area contributed by atoms with Crippen LogP contribution in [0.1, 0.15) is 0 Å². The van der Waals surface area contributed by atoms with Gasteiger partial charge in [0.25, 0.3) is 0 Å². The zero-order chi connectivity index (χ0) is 10.1. The van der Waals surface area contributed by atoms with E-state index in [1.807, 2.05) is 0 Å². The van der Waals surface area contributed by atoms with Crippen LogP contribution in [0.3, 0.4) is 0 Å². The van der Waals surface area contributed by atoms with Gasteiger partial charge in [0.05, 0.1) is 13.2 Å². The third-order valence-corrected chi connectivity index (χ3v) is 0.737. The van der Waals surface area contributed by atoms with Crippen LogP contribution in [-0.2, 0) is 9.59 Å². The minimum absolute atomic E-state index is 0.278. The van der Waals surface area contributed by atoms with Gasteiger partial charge in [-0.05, 0) is 0 Å². The SMILES string of the molecule is NC(=O)C(N)CO.NCC(=O)O. The third kappa shape index (κ3) is 11.6. The van der Waals surface area contributed by atoms with Gasteiger partial charge in [-0.3, -0.25) is 9.59 Å². The monoisotopic (exact) mass is 179 g/mol. The maximum absolute atomic E-state index is 9.87. The van der Waals surface area contributed by atoms with Crippen molar-refractivity contribution in [2.24, 2.45) is 17.2 Å². The number of nitrogens with two attached hydrogens (primary N) is 3. The quantitative estimate of drug-likeness (QED) is 0.308. The van der Waals surface area contributed by atoms with Crippen molar-refractivity contribution in [1.82, 2.24) is 0 Å². The maximum Gasteiger partial charge on any atom is 0.317 e. The summed E-state index contributed by atoms with van der Waals surface area (Å²) in [5.41, 5.74) is 14.1. The molecule has 0 radical (unpaired) electrons. The summed E-state index contributed by atoms with van der Waals surface area (Å²) in [6.07, 6.45) is 0. The Balaban J connectivity index is 0. The zero-order valence-corrected chi connectivity index (χ0v) is 6.43. The molecule has 12 heavy (non-hydrogen) atoms. The van der Waals surface area contributed by atoms with E-state index in [-0.39, 0.29) is 13.2 Å². The van der Waals surface area contributed by atoms with Gasteiger partial charge in [0.15, 0.2) is 0 Å². The molecule has 1 amide bonds. The molecule has 7 nitrogen and oxygen atoms in total. The Morgan fingerprint density at radius 1 is 1.42 bits per heavy atom. The van der Waals surface area contributed by atoms with Crippen molar-refractivity contribution >= 4 is 11.9 Å². The van der Waals surface area contributed by atoms with Gasteiger partial charge in [-0.2, -0.15) is 0 Å². The van der Waals surface area contributed by atoms with Crippen molar-refractivity contribution in [3.05, 3.63) is 0 Å². The number of aliphatic carboxylic acids is 1. The van der Waals surface area contributed by atoms with Gasteiger partial charge in [-0.25, -0.2) is 0 Å². The number of hydrogen-bond acceptors (Lipinski definition) is 5. The third-order valence-electron chi connectivity index (χ3n) is 0.737. The summed E-state index contributed by atoms with van der Waals surface area (Å²) < 4.78 is 0. The Morgan fingerprint density at radius 3 is 1.75 bits per heavy atom. The molecule has 0 aliphatic rings. The Morgan fingerprint density at radius 2 is 1.75 bits per heavy atom.